The standard InChI is InChI=1S/C9H14BrNS2/c1-12-4-2-3-11-6-9-5-8(10)7-13-9/h5,7,11H,2-4,6H2,1H3. The van der Waals surface area contributed by atoms with E-state index < -0.39 is 0 Å². The number of halogens is 1. The Bertz CT molecular complexity index is 237. The third-order valence-electron chi connectivity index (χ3n) is 1.62. The minimum Gasteiger partial charge on any atom is -0.312 e. The monoisotopic (exact) mass is 279 g/mol. The summed E-state index contributed by atoms with van der Waals surface area (Å²) < 4.78 is 1.19. The van der Waals surface area contributed by atoms with Gasteiger partial charge in [-0.1, -0.05) is 0 Å². The third-order valence-corrected chi connectivity index (χ3v) is 4.02. The van der Waals surface area contributed by atoms with E-state index in [4.69, 9.17) is 0 Å². The number of nitrogens with one attached hydrogen (secondary N) is 1. The van der Waals surface area contributed by atoms with Crippen molar-refractivity contribution in [3.8, 4) is 0 Å². The van der Waals surface area contributed by atoms with Crippen molar-refractivity contribution in [3.63, 3.8) is 0 Å². The second-order valence-corrected chi connectivity index (χ2v) is 5.65. The van der Waals surface area contributed by atoms with Crippen LogP contribution in [0.3, 0.4) is 0 Å². The lowest BCUT2D eigenvalue weighted by Crippen LogP contribution is -2.14. The average Bonchev–Trinajstić information content (AvgIpc) is 2.51. The van der Waals surface area contributed by atoms with Gasteiger partial charge in [-0.25, -0.2) is 0 Å². The fourth-order valence-corrected chi connectivity index (χ4v) is 2.85. The van der Waals surface area contributed by atoms with E-state index in [1.807, 2.05) is 11.8 Å². The average molecular weight is 280 g/mol. The molecule has 1 rings (SSSR count). The smallest absolute Gasteiger partial charge is 0.0300 e. The van der Waals surface area contributed by atoms with Gasteiger partial charge in [-0.15, -0.1) is 11.3 Å². The Labute approximate surface area is 96.4 Å². The molecule has 0 radical (unpaired) electrons. The molecule has 1 nitrogen and oxygen atoms in total. The van der Waals surface area contributed by atoms with Crippen LogP contribution in [0.25, 0.3) is 0 Å². The highest BCUT2D eigenvalue weighted by Crippen LogP contribution is 2.19. The Morgan fingerprint density at radius 1 is 1.62 bits per heavy atom. The first-order valence-corrected chi connectivity index (χ1v) is 7.32. The van der Waals surface area contributed by atoms with Gasteiger partial charge >= 0.3 is 0 Å². The van der Waals surface area contributed by atoms with Gasteiger partial charge in [-0.3, -0.25) is 0 Å². The van der Waals surface area contributed by atoms with Gasteiger partial charge in [0.15, 0.2) is 0 Å². The van der Waals surface area contributed by atoms with Crippen LogP contribution < -0.4 is 5.32 Å². The second-order valence-electron chi connectivity index (χ2n) is 2.75. The molecule has 0 saturated heterocycles. The summed E-state index contributed by atoms with van der Waals surface area (Å²) in [6.45, 7) is 2.13. The van der Waals surface area contributed by atoms with Crippen LogP contribution in [0, 0.1) is 0 Å². The molecule has 1 aromatic rings. The molecule has 1 N–H and O–H groups in total. The van der Waals surface area contributed by atoms with Gasteiger partial charge in [0.25, 0.3) is 0 Å². The first-order chi connectivity index (χ1) is 6.33. The molecule has 0 atom stereocenters. The quantitative estimate of drug-likeness (QED) is 0.802. The minimum absolute atomic E-state index is 1.00. The van der Waals surface area contributed by atoms with Crippen molar-refractivity contribution in [1.82, 2.24) is 5.32 Å². The van der Waals surface area contributed by atoms with E-state index in [0.717, 1.165) is 13.1 Å². The van der Waals surface area contributed by atoms with Crippen LogP contribution in [-0.2, 0) is 6.54 Å². The van der Waals surface area contributed by atoms with Gasteiger partial charge in [-0.2, -0.15) is 11.8 Å². The maximum absolute atomic E-state index is 3.45. The number of hydrogen-bond donors (Lipinski definition) is 1. The summed E-state index contributed by atoms with van der Waals surface area (Å²) in [5.74, 6) is 1.25. The Kier molecular flexibility index (Phi) is 6.11. The summed E-state index contributed by atoms with van der Waals surface area (Å²) in [5.41, 5.74) is 0. The summed E-state index contributed by atoms with van der Waals surface area (Å²) in [6, 6.07) is 2.17. The van der Waals surface area contributed by atoms with Crippen LogP contribution in [0.15, 0.2) is 15.9 Å². The first kappa shape index (κ1) is 11.6. The van der Waals surface area contributed by atoms with Crippen molar-refractivity contribution in [2.45, 2.75) is 13.0 Å². The molecule has 0 spiro atoms. The Hall–Kier alpha value is 0.490. The lowest BCUT2D eigenvalue weighted by atomic mass is 10.4. The Balaban J connectivity index is 2.06. The number of thiophene rings is 1. The summed E-state index contributed by atoms with van der Waals surface area (Å²) in [7, 11) is 0. The van der Waals surface area contributed by atoms with Crippen molar-refractivity contribution in [1.29, 1.82) is 0 Å². The van der Waals surface area contributed by atoms with Crippen LogP contribution in [0.5, 0.6) is 0 Å². The second kappa shape index (κ2) is 6.87. The molecule has 0 bridgehead atoms. The van der Waals surface area contributed by atoms with Crippen LogP contribution >= 0.6 is 39.0 Å². The molecule has 1 heterocycles. The predicted octanol–water partition coefficient (Wildman–Crippen LogP) is 3.35. The SMILES string of the molecule is CSCCCNCc1cc(Br)cs1. The molecule has 0 aliphatic rings. The third kappa shape index (κ3) is 5.05. The molecule has 1 aromatic heterocycles. The largest absolute Gasteiger partial charge is 0.312 e. The molecule has 0 saturated carbocycles. The Morgan fingerprint density at radius 2 is 2.46 bits per heavy atom. The fraction of sp³-hybridized carbons (Fsp3) is 0.556. The van der Waals surface area contributed by atoms with E-state index in [-0.39, 0.29) is 0 Å². The van der Waals surface area contributed by atoms with Gasteiger partial charge < -0.3 is 5.32 Å². The van der Waals surface area contributed by atoms with Gasteiger partial charge in [0.1, 0.15) is 0 Å². The molecule has 74 valence electrons. The van der Waals surface area contributed by atoms with E-state index in [2.05, 4.69) is 38.9 Å². The first-order valence-electron chi connectivity index (χ1n) is 4.25. The van der Waals surface area contributed by atoms with Crippen LogP contribution in [0.4, 0.5) is 0 Å². The van der Waals surface area contributed by atoms with Crippen LogP contribution in [-0.4, -0.2) is 18.6 Å². The van der Waals surface area contributed by atoms with Gasteiger partial charge in [0, 0.05) is 21.3 Å². The van der Waals surface area contributed by atoms with Gasteiger partial charge in [0.05, 0.1) is 0 Å². The van der Waals surface area contributed by atoms with Crippen molar-refractivity contribution in [2.24, 2.45) is 0 Å². The lowest BCUT2D eigenvalue weighted by molar-refractivity contribution is 0.685. The number of rotatable bonds is 6. The summed E-state index contributed by atoms with van der Waals surface area (Å²) in [6.07, 6.45) is 3.41. The lowest BCUT2D eigenvalue weighted by Gasteiger charge is -2.00. The normalized spacial score (nSPS) is 10.6. The van der Waals surface area contributed by atoms with E-state index in [0.29, 0.717) is 0 Å². The van der Waals surface area contributed by atoms with E-state index in [1.54, 1.807) is 11.3 Å². The zero-order chi connectivity index (χ0) is 9.52. The van der Waals surface area contributed by atoms with Gasteiger partial charge in [-0.05, 0) is 47.0 Å². The number of hydrogen-bond acceptors (Lipinski definition) is 3. The molecule has 0 amide bonds. The molecule has 13 heavy (non-hydrogen) atoms. The van der Waals surface area contributed by atoms with Crippen molar-refractivity contribution in [3.05, 3.63) is 20.8 Å². The summed E-state index contributed by atoms with van der Waals surface area (Å²) in [5, 5.41) is 5.55. The number of thioether (sulfide) groups is 1. The molecule has 4 heteroatoms. The minimum atomic E-state index is 1.00. The van der Waals surface area contributed by atoms with Gasteiger partial charge in [0.2, 0.25) is 0 Å². The topological polar surface area (TPSA) is 12.0 Å². The maximum atomic E-state index is 3.45. The highest BCUT2D eigenvalue weighted by Gasteiger charge is 1.95. The van der Waals surface area contributed by atoms with Crippen molar-refractivity contribution < 1.29 is 0 Å². The van der Waals surface area contributed by atoms with E-state index in [1.165, 1.54) is 21.5 Å². The highest BCUT2D eigenvalue weighted by molar-refractivity contribution is 9.10. The molecule has 0 aromatic carbocycles. The zero-order valence-electron chi connectivity index (χ0n) is 7.68. The van der Waals surface area contributed by atoms with Crippen molar-refractivity contribution in [2.75, 3.05) is 18.6 Å². The molecule has 0 aliphatic carbocycles. The highest BCUT2D eigenvalue weighted by atomic mass is 79.9. The zero-order valence-corrected chi connectivity index (χ0v) is 10.9. The van der Waals surface area contributed by atoms with E-state index >= 15 is 0 Å². The summed E-state index contributed by atoms with van der Waals surface area (Å²) >= 11 is 7.15. The van der Waals surface area contributed by atoms with Crippen LogP contribution in [0.1, 0.15) is 11.3 Å². The molecular formula is C9H14BrNS2. The maximum Gasteiger partial charge on any atom is 0.0300 e. The summed E-state index contributed by atoms with van der Waals surface area (Å²) in [4.78, 5) is 1.40. The molecule has 0 fully saturated rings. The Morgan fingerprint density at radius 3 is 3.08 bits per heavy atom. The van der Waals surface area contributed by atoms with Crippen molar-refractivity contribution >= 4 is 39.0 Å². The molecular weight excluding hydrogens is 266 g/mol. The van der Waals surface area contributed by atoms with Crippen LogP contribution in [0.2, 0.25) is 0 Å². The molecule has 0 aliphatic heterocycles. The fourth-order valence-electron chi connectivity index (χ4n) is 1.000. The molecule has 0 unspecified atom stereocenters. The van der Waals surface area contributed by atoms with E-state index in [9.17, 15) is 0 Å². The predicted molar refractivity (Wildman–Crippen MR) is 66.7 cm³/mol.